The smallest absolute Gasteiger partial charge is 0.191 e. The van der Waals surface area contributed by atoms with Crippen molar-refractivity contribution in [1.29, 1.82) is 0 Å². The number of hydrogen-bond acceptors (Lipinski definition) is 3. The molecular formula is C14H27N3O2. The number of nitrogens with zero attached hydrogens (tertiary/aromatic N) is 1. The van der Waals surface area contributed by atoms with Crippen molar-refractivity contribution in [2.24, 2.45) is 16.3 Å². The number of ether oxygens (including phenoxy) is 2. The molecule has 3 unspecified atom stereocenters. The zero-order chi connectivity index (χ0) is 13.9. The van der Waals surface area contributed by atoms with Crippen LogP contribution >= 0.6 is 0 Å². The van der Waals surface area contributed by atoms with Gasteiger partial charge in [0, 0.05) is 44.7 Å². The molecular weight excluding hydrogens is 242 g/mol. The number of aliphatic imine (C=N–C) groups is 1. The van der Waals surface area contributed by atoms with E-state index in [9.17, 15) is 0 Å². The molecule has 5 nitrogen and oxygen atoms in total. The third kappa shape index (κ3) is 2.87. The van der Waals surface area contributed by atoms with Crippen molar-refractivity contribution in [2.75, 3.05) is 33.9 Å². The van der Waals surface area contributed by atoms with Crippen LogP contribution in [-0.2, 0) is 9.47 Å². The van der Waals surface area contributed by atoms with E-state index >= 15 is 0 Å². The average Bonchev–Trinajstić information content (AvgIpc) is 2.42. The highest BCUT2D eigenvalue weighted by Gasteiger charge is 2.58. The van der Waals surface area contributed by atoms with E-state index in [0.29, 0.717) is 24.7 Å². The Kier molecular flexibility index (Phi) is 4.68. The van der Waals surface area contributed by atoms with E-state index in [2.05, 4.69) is 29.5 Å². The van der Waals surface area contributed by atoms with Gasteiger partial charge in [0.2, 0.25) is 0 Å². The zero-order valence-corrected chi connectivity index (χ0v) is 12.5. The van der Waals surface area contributed by atoms with Gasteiger partial charge < -0.3 is 20.1 Å². The van der Waals surface area contributed by atoms with Gasteiger partial charge in [0.15, 0.2) is 5.96 Å². The second-order valence-electron chi connectivity index (χ2n) is 6.03. The first-order valence-corrected chi connectivity index (χ1v) is 7.19. The van der Waals surface area contributed by atoms with E-state index in [1.807, 2.05) is 7.05 Å². The lowest BCUT2D eigenvalue weighted by Crippen LogP contribution is -2.71. The third-order valence-corrected chi connectivity index (χ3v) is 4.45. The highest BCUT2D eigenvalue weighted by molar-refractivity contribution is 5.80. The van der Waals surface area contributed by atoms with Crippen LogP contribution in [0.25, 0.3) is 0 Å². The second-order valence-corrected chi connectivity index (χ2v) is 6.03. The van der Waals surface area contributed by atoms with E-state index in [1.54, 1.807) is 7.11 Å². The van der Waals surface area contributed by atoms with Crippen LogP contribution in [0.3, 0.4) is 0 Å². The first-order chi connectivity index (χ1) is 9.11. The molecule has 0 bridgehead atoms. The second kappa shape index (κ2) is 6.09. The van der Waals surface area contributed by atoms with Crippen LogP contribution in [0, 0.1) is 11.3 Å². The molecule has 1 aliphatic carbocycles. The van der Waals surface area contributed by atoms with Crippen LogP contribution in [0.15, 0.2) is 4.99 Å². The zero-order valence-electron chi connectivity index (χ0n) is 12.5. The van der Waals surface area contributed by atoms with E-state index in [-0.39, 0.29) is 5.41 Å². The predicted molar refractivity (Wildman–Crippen MR) is 76.4 cm³/mol. The average molecular weight is 269 g/mol. The summed E-state index contributed by atoms with van der Waals surface area (Å²) < 4.78 is 11.0. The third-order valence-electron chi connectivity index (χ3n) is 4.45. The van der Waals surface area contributed by atoms with Gasteiger partial charge in [-0.2, -0.15) is 0 Å². The summed E-state index contributed by atoms with van der Waals surface area (Å²) in [6, 6.07) is 0.437. The van der Waals surface area contributed by atoms with Crippen molar-refractivity contribution < 1.29 is 9.47 Å². The van der Waals surface area contributed by atoms with Crippen LogP contribution in [0.2, 0.25) is 0 Å². The van der Waals surface area contributed by atoms with Crippen LogP contribution in [0.5, 0.6) is 0 Å². The summed E-state index contributed by atoms with van der Waals surface area (Å²) in [4.78, 5) is 4.28. The predicted octanol–water partition coefficient (Wildman–Crippen LogP) is 1.00. The molecule has 19 heavy (non-hydrogen) atoms. The lowest BCUT2D eigenvalue weighted by atomic mass is 9.55. The molecule has 0 spiro atoms. The first-order valence-electron chi connectivity index (χ1n) is 7.19. The minimum atomic E-state index is 0.171. The number of rotatable bonds is 4. The molecule has 3 atom stereocenters. The first kappa shape index (κ1) is 14.6. The summed E-state index contributed by atoms with van der Waals surface area (Å²) in [5.41, 5.74) is 0.171. The van der Waals surface area contributed by atoms with E-state index in [1.165, 1.54) is 12.8 Å². The van der Waals surface area contributed by atoms with Gasteiger partial charge >= 0.3 is 0 Å². The number of hydrogen-bond donors (Lipinski definition) is 2. The minimum absolute atomic E-state index is 0.171. The van der Waals surface area contributed by atoms with Gasteiger partial charge in [0.25, 0.3) is 0 Å². The number of guanidine groups is 1. The van der Waals surface area contributed by atoms with Gasteiger partial charge in [0.1, 0.15) is 0 Å². The summed E-state index contributed by atoms with van der Waals surface area (Å²) in [5.74, 6) is 1.48. The Morgan fingerprint density at radius 3 is 2.95 bits per heavy atom. The molecule has 1 saturated carbocycles. The Hall–Kier alpha value is -0.810. The Morgan fingerprint density at radius 2 is 2.26 bits per heavy atom. The normalized spacial score (nSPS) is 33.3. The summed E-state index contributed by atoms with van der Waals surface area (Å²) >= 11 is 0. The summed E-state index contributed by atoms with van der Waals surface area (Å²) in [6.45, 7) is 6.93. The molecule has 0 aromatic heterocycles. The van der Waals surface area contributed by atoms with Gasteiger partial charge in [-0.15, -0.1) is 0 Å². The molecule has 5 heteroatoms. The fourth-order valence-electron chi connectivity index (χ4n) is 3.43. The van der Waals surface area contributed by atoms with Crippen molar-refractivity contribution in [3.05, 3.63) is 0 Å². The van der Waals surface area contributed by atoms with Crippen molar-refractivity contribution >= 4 is 5.96 Å². The van der Waals surface area contributed by atoms with Crippen molar-refractivity contribution in [3.63, 3.8) is 0 Å². The van der Waals surface area contributed by atoms with E-state index < -0.39 is 0 Å². The maximum absolute atomic E-state index is 5.92. The van der Waals surface area contributed by atoms with Gasteiger partial charge in [-0.05, 0) is 12.8 Å². The van der Waals surface area contributed by atoms with Gasteiger partial charge in [-0.1, -0.05) is 13.8 Å². The van der Waals surface area contributed by atoms with Crippen LogP contribution in [0.1, 0.15) is 26.7 Å². The fraction of sp³-hybridized carbons (Fsp3) is 0.929. The standard InChI is InChI=1S/C14H27N3O2/c1-14(2)11(10-6-5-8-19-12(10)14)17-13(15-3)16-7-9-18-4/h10-12H,5-9H2,1-4H3,(H2,15,16,17). The van der Waals surface area contributed by atoms with Crippen molar-refractivity contribution in [1.82, 2.24) is 10.6 Å². The molecule has 0 radical (unpaired) electrons. The van der Waals surface area contributed by atoms with Gasteiger partial charge in [-0.3, -0.25) is 4.99 Å². The van der Waals surface area contributed by atoms with Crippen LogP contribution < -0.4 is 10.6 Å². The molecule has 1 saturated heterocycles. The SMILES string of the molecule is CN=C(NCCOC)NC1C2CCCOC2C1(C)C. The lowest BCUT2D eigenvalue weighted by molar-refractivity contribution is -0.188. The summed E-state index contributed by atoms with van der Waals surface area (Å²) in [6.07, 6.45) is 2.82. The molecule has 2 rings (SSSR count). The maximum Gasteiger partial charge on any atom is 0.191 e. The molecule has 0 aromatic carbocycles. The Morgan fingerprint density at radius 1 is 1.47 bits per heavy atom. The monoisotopic (exact) mass is 269 g/mol. The van der Waals surface area contributed by atoms with Crippen LogP contribution in [-0.4, -0.2) is 52.0 Å². The number of nitrogens with one attached hydrogen (secondary N) is 2. The molecule has 110 valence electrons. The van der Waals surface area contributed by atoms with E-state index in [4.69, 9.17) is 9.47 Å². The van der Waals surface area contributed by atoms with E-state index in [0.717, 1.165) is 19.1 Å². The van der Waals surface area contributed by atoms with Crippen molar-refractivity contribution in [2.45, 2.75) is 38.8 Å². The highest BCUT2D eigenvalue weighted by atomic mass is 16.5. The molecule has 1 heterocycles. The summed E-state index contributed by atoms with van der Waals surface area (Å²) in [5, 5.41) is 6.83. The molecule has 2 N–H and O–H groups in total. The van der Waals surface area contributed by atoms with Gasteiger partial charge in [0.05, 0.1) is 12.7 Å². The molecule has 0 aromatic rings. The molecule has 2 fully saturated rings. The van der Waals surface area contributed by atoms with Crippen molar-refractivity contribution in [3.8, 4) is 0 Å². The van der Waals surface area contributed by atoms with Gasteiger partial charge in [-0.25, -0.2) is 0 Å². The minimum Gasteiger partial charge on any atom is -0.383 e. The number of fused-ring (bicyclic) bond motifs is 1. The number of methoxy groups -OCH3 is 1. The molecule has 0 amide bonds. The Bertz CT molecular complexity index is 331. The maximum atomic E-state index is 5.92. The quantitative estimate of drug-likeness (QED) is 0.454. The Labute approximate surface area is 116 Å². The summed E-state index contributed by atoms with van der Waals surface area (Å²) in [7, 11) is 3.51. The largest absolute Gasteiger partial charge is 0.383 e. The van der Waals surface area contributed by atoms with Crippen LogP contribution in [0.4, 0.5) is 0 Å². The molecule has 2 aliphatic rings. The fourth-order valence-corrected chi connectivity index (χ4v) is 3.43. The Balaban J connectivity index is 1.90. The highest BCUT2D eigenvalue weighted by Crippen LogP contribution is 2.51. The molecule has 1 aliphatic heterocycles. The topological polar surface area (TPSA) is 54.9 Å². The lowest BCUT2D eigenvalue weighted by Gasteiger charge is -2.60.